The summed E-state index contributed by atoms with van der Waals surface area (Å²) in [5.74, 6) is 1.08. The van der Waals surface area contributed by atoms with Gasteiger partial charge in [0, 0.05) is 18.8 Å². The van der Waals surface area contributed by atoms with Gasteiger partial charge in [-0.25, -0.2) is 4.39 Å². The summed E-state index contributed by atoms with van der Waals surface area (Å²) in [5, 5.41) is 11.5. The van der Waals surface area contributed by atoms with E-state index in [9.17, 15) is 4.39 Å². The van der Waals surface area contributed by atoms with Gasteiger partial charge in [-0.05, 0) is 42.2 Å². The number of aromatic nitrogens is 3. The number of hydrogen-bond acceptors (Lipinski definition) is 5. The molecule has 0 amide bonds. The first kappa shape index (κ1) is 15.5. The average Bonchev–Trinajstić information content (AvgIpc) is 3.08. The van der Waals surface area contributed by atoms with Gasteiger partial charge in [0.2, 0.25) is 0 Å². The van der Waals surface area contributed by atoms with Crippen molar-refractivity contribution in [2.24, 2.45) is 0 Å². The van der Waals surface area contributed by atoms with Gasteiger partial charge < -0.3 is 10.2 Å². The molecule has 0 atom stereocenters. The van der Waals surface area contributed by atoms with Crippen LogP contribution in [0.25, 0.3) is 0 Å². The van der Waals surface area contributed by atoms with E-state index < -0.39 is 0 Å². The van der Waals surface area contributed by atoms with Gasteiger partial charge in [0.05, 0.1) is 6.20 Å². The van der Waals surface area contributed by atoms with Crippen LogP contribution in [0.3, 0.4) is 0 Å². The third-order valence-corrected chi connectivity index (χ3v) is 4.31. The molecule has 1 aliphatic rings. The second-order valence-electron chi connectivity index (χ2n) is 5.98. The Morgan fingerprint density at radius 3 is 2.80 bits per heavy atom. The fraction of sp³-hybridized carbons (Fsp3) is 0.211. The van der Waals surface area contributed by atoms with Crippen LogP contribution in [-0.4, -0.2) is 28.3 Å². The molecule has 0 saturated heterocycles. The van der Waals surface area contributed by atoms with Gasteiger partial charge in [-0.2, -0.15) is 10.1 Å². The molecule has 3 aromatic rings. The van der Waals surface area contributed by atoms with Gasteiger partial charge in [0.15, 0.2) is 5.82 Å². The fourth-order valence-electron chi connectivity index (χ4n) is 3.03. The Hall–Kier alpha value is -3.02. The number of fused-ring (bicyclic) bond motifs is 1. The molecule has 4 rings (SSSR count). The zero-order valence-corrected chi connectivity index (χ0v) is 13.7. The van der Waals surface area contributed by atoms with Gasteiger partial charge in [0.1, 0.15) is 5.82 Å². The number of halogens is 1. The lowest BCUT2D eigenvalue weighted by Crippen LogP contribution is -2.18. The predicted octanol–water partition coefficient (Wildman–Crippen LogP) is 3.36. The van der Waals surface area contributed by atoms with Gasteiger partial charge in [-0.3, -0.25) is 0 Å². The first-order chi connectivity index (χ1) is 12.3. The molecule has 0 radical (unpaired) electrons. The van der Waals surface area contributed by atoms with Crippen LogP contribution in [0.2, 0.25) is 0 Å². The Kier molecular flexibility index (Phi) is 4.24. The highest BCUT2D eigenvalue weighted by Gasteiger charge is 2.22. The highest BCUT2D eigenvalue weighted by Crippen LogP contribution is 2.32. The van der Waals surface area contributed by atoms with Crippen LogP contribution >= 0.6 is 0 Å². The largest absolute Gasteiger partial charge is 0.368 e. The molecular formula is C19H18FN5. The average molecular weight is 335 g/mol. The van der Waals surface area contributed by atoms with Gasteiger partial charge in [-0.1, -0.05) is 30.3 Å². The van der Waals surface area contributed by atoms with Crippen molar-refractivity contribution in [2.45, 2.75) is 12.8 Å². The van der Waals surface area contributed by atoms with Crippen LogP contribution < -0.4 is 10.2 Å². The number of rotatable bonds is 5. The van der Waals surface area contributed by atoms with Crippen molar-refractivity contribution < 1.29 is 4.39 Å². The van der Waals surface area contributed by atoms with Crippen LogP contribution in [0, 0.1) is 5.82 Å². The lowest BCUT2D eigenvalue weighted by molar-refractivity contribution is 0.627. The summed E-state index contributed by atoms with van der Waals surface area (Å²) < 4.78 is 12.9. The maximum atomic E-state index is 12.9. The van der Waals surface area contributed by atoms with E-state index in [2.05, 4.69) is 43.6 Å². The molecule has 1 N–H and O–H groups in total. The fourth-order valence-corrected chi connectivity index (χ4v) is 3.03. The maximum Gasteiger partial charge on any atom is 0.251 e. The van der Waals surface area contributed by atoms with E-state index >= 15 is 0 Å². The van der Waals surface area contributed by atoms with Gasteiger partial charge in [0.25, 0.3) is 5.95 Å². The minimum atomic E-state index is -0.216. The molecule has 1 aliphatic heterocycles. The molecule has 0 unspecified atom stereocenters. The van der Waals surface area contributed by atoms with Crippen molar-refractivity contribution in [3.8, 4) is 0 Å². The zero-order valence-electron chi connectivity index (χ0n) is 13.7. The standard InChI is InChI=1S/C19H18FN5/c20-16-7-5-14(6-8-16)9-11-21-18-13-22-24-19(23-18)25-12-10-15-3-1-2-4-17(15)25/h1-8,13H,9-12H2,(H,21,23,24). The number of hydrogen-bond donors (Lipinski definition) is 1. The zero-order chi connectivity index (χ0) is 17.1. The molecule has 5 nitrogen and oxygen atoms in total. The van der Waals surface area contributed by atoms with Crippen molar-refractivity contribution in [3.05, 3.63) is 71.7 Å². The first-order valence-electron chi connectivity index (χ1n) is 8.33. The van der Waals surface area contributed by atoms with Crippen molar-refractivity contribution in [2.75, 3.05) is 23.3 Å². The Morgan fingerprint density at radius 1 is 1.08 bits per heavy atom. The van der Waals surface area contributed by atoms with Crippen molar-refractivity contribution in [3.63, 3.8) is 0 Å². The molecule has 0 spiro atoms. The molecular weight excluding hydrogens is 317 g/mol. The molecule has 25 heavy (non-hydrogen) atoms. The lowest BCUT2D eigenvalue weighted by Gasteiger charge is -2.17. The quantitative estimate of drug-likeness (QED) is 0.775. The Bertz CT molecular complexity index is 866. The van der Waals surface area contributed by atoms with Gasteiger partial charge >= 0.3 is 0 Å². The first-order valence-corrected chi connectivity index (χ1v) is 8.33. The van der Waals surface area contributed by atoms with Crippen LogP contribution in [0.5, 0.6) is 0 Å². The monoisotopic (exact) mass is 335 g/mol. The maximum absolute atomic E-state index is 12.9. The molecule has 0 fully saturated rings. The van der Waals surface area contributed by atoms with Crippen molar-refractivity contribution >= 4 is 17.5 Å². The highest BCUT2D eigenvalue weighted by atomic mass is 19.1. The van der Waals surface area contributed by atoms with Crippen LogP contribution in [0.4, 0.5) is 21.8 Å². The van der Waals surface area contributed by atoms with E-state index in [1.165, 1.54) is 17.7 Å². The van der Waals surface area contributed by atoms with Gasteiger partial charge in [-0.15, -0.1) is 5.10 Å². The summed E-state index contributed by atoms with van der Waals surface area (Å²) in [6.45, 7) is 1.56. The summed E-state index contributed by atoms with van der Waals surface area (Å²) in [7, 11) is 0. The SMILES string of the molecule is Fc1ccc(CCNc2cnnc(N3CCc4ccccc43)n2)cc1. The van der Waals surface area contributed by atoms with E-state index in [1.807, 2.05) is 6.07 Å². The summed E-state index contributed by atoms with van der Waals surface area (Å²) in [6.07, 6.45) is 3.39. The number of nitrogens with one attached hydrogen (secondary N) is 1. The molecule has 0 bridgehead atoms. The molecule has 126 valence electrons. The minimum absolute atomic E-state index is 0.216. The summed E-state index contributed by atoms with van der Waals surface area (Å²) in [6, 6.07) is 14.8. The molecule has 0 saturated carbocycles. The lowest BCUT2D eigenvalue weighted by atomic mass is 10.1. The predicted molar refractivity (Wildman–Crippen MR) is 95.6 cm³/mol. The Morgan fingerprint density at radius 2 is 1.92 bits per heavy atom. The number of benzene rings is 2. The second-order valence-corrected chi connectivity index (χ2v) is 5.98. The molecule has 2 aromatic carbocycles. The van der Waals surface area contributed by atoms with Crippen LogP contribution in [0.1, 0.15) is 11.1 Å². The highest BCUT2D eigenvalue weighted by molar-refractivity contribution is 5.65. The van der Waals surface area contributed by atoms with E-state index in [0.717, 1.165) is 30.6 Å². The number of nitrogens with zero attached hydrogens (tertiary/aromatic N) is 4. The Balaban J connectivity index is 1.43. The molecule has 0 aliphatic carbocycles. The van der Waals surface area contributed by atoms with Crippen LogP contribution in [0.15, 0.2) is 54.7 Å². The second kappa shape index (κ2) is 6.84. The van der Waals surface area contributed by atoms with Crippen LogP contribution in [-0.2, 0) is 12.8 Å². The summed E-state index contributed by atoms with van der Waals surface area (Å²) in [4.78, 5) is 6.67. The Labute approximate surface area is 145 Å². The van der Waals surface area contributed by atoms with Crippen molar-refractivity contribution in [1.82, 2.24) is 15.2 Å². The van der Waals surface area contributed by atoms with E-state index in [-0.39, 0.29) is 5.82 Å². The summed E-state index contributed by atoms with van der Waals surface area (Å²) >= 11 is 0. The third-order valence-electron chi connectivity index (χ3n) is 4.31. The summed E-state index contributed by atoms with van der Waals surface area (Å²) in [5.41, 5.74) is 3.53. The van der Waals surface area contributed by atoms with E-state index in [1.54, 1.807) is 18.3 Å². The molecule has 2 heterocycles. The van der Waals surface area contributed by atoms with Crippen molar-refractivity contribution in [1.29, 1.82) is 0 Å². The number of para-hydroxylation sites is 1. The topological polar surface area (TPSA) is 53.9 Å². The minimum Gasteiger partial charge on any atom is -0.368 e. The third kappa shape index (κ3) is 3.42. The van der Waals surface area contributed by atoms with E-state index in [0.29, 0.717) is 18.3 Å². The molecule has 6 heteroatoms. The number of anilines is 3. The smallest absolute Gasteiger partial charge is 0.251 e. The normalized spacial score (nSPS) is 12.9. The van der Waals surface area contributed by atoms with E-state index in [4.69, 9.17) is 0 Å². The molecule has 1 aromatic heterocycles.